The lowest BCUT2D eigenvalue weighted by Gasteiger charge is -2.28. The number of benzene rings is 1. The van der Waals surface area contributed by atoms with Gasteiger partial charge in [0.25, 0.3) is 0 Å². The summed E-state index contributed by atoms with van der Waals surface area (Å²) in [5.74, 6) is 2.84. The zero-order valence-electron chi connectivity index (χ0n) is 13.9. The van der Waals surface area contributed by atoms with Gasteiger partial charge in [0.1, 0.15) is 6.54 Å². The van der Waals surface area contributed by atoms with Gasteiger partial charge in [-0.2, -0.15) is 4.80 Å². The summed E-state index contributed by atoms with van der Waals surface area (Å²) in [6, 6.07) is 9.89. The molecule has 1 heterocycles. The first kappa shape index (κ1) is 15.3. The van der Waals surface area contributed by atoms with Gasteiger partial charge in [-0.1, -0.05) is 36.8 Å². The first-order valence-corrected chi connectivity index (χ1v) is 8.81. The molecule has 1 N–H and O–H groups in total. The smallest absolute Gasteiger partial charge is 0.243 e. The summed E-state index contributed by atoms with van der Waals surface area (Å²) in [5.41, 5.74) is 0.902. The zero-order chi connectivity index (χ0) is 16.5. The zero-order valence-corrected chi connectivity index (χ0v) is 13.9. The van der Waals surface area contributed by atoms with Crippen molar-refractivity contribution >= 4 is 5.91 Å². The number of tetrazole rings is 1. The van der Waals surface area contributed by atoms with Crippen LogP contribution >= 0.6 is 0 Å². The Balaban J connectivity index is 1.34. The van der Waals surface area contributed by atoms with Gasteiger partial charge in [0.05, 0.1) is 0 Å². The molecule has 2 saturated carbocycles. The lowest BCUT2D eigenvalue weighted by Crippen LogP contribution is -2.41. The van der Waals surface area contributed by atoms with Crippen LogP contribution in [0.5, 0.6) is 0 Å². The highest BCUT2D eigenvalue weighted by atomic mass is 16.2. The number of hydrogen-bond donors (Lipinski definition) is 1. The van der Waals surface area contributed by atoms with Gasteiger partial charge in [0.2, 0.25) is 11.7 Å². The maximum absolute atomic E-state index is 12.3. The molecule has 0 unspecified atom stereocenters. The Hall–Kier alpha value is -2.24. The number of aromatic nitrogens is 4. The van der Waals surface area contributed by atoms with E-state index in [1.54, 1.807) is 0 Å². The second kappa shape index (κ2) is 6.34. The molecule has 1 amide bonds. The van der Waals surface area contributed by atoms with Crippen molar-refractivity contribution in [3.05, 3.63) is 30.3 Å². The summed E-state index contributed by atoms with van der Waals surface area (Å²) in [7, 11) is 0. The Labute approximate surface area is 141 Å². The minimum absolute atomic E-state index is 0.0396. The normalized spacial score (nSPS) is 26.5. The SMILES string of the molecule is C[C@H](NC(=O)Cn1nnc(-c2ccccc2)n1)[C@@H]1C[C@H]2CC[C@H]1C2. The first-order valence-electron chi connectivity index (χ1n) is 8.81. The highest BCUT2D eigenvalue weighted by Gasteiger charge is 2.42. The van der Waals surface area contributed by atoms with E-state index >= 15 is 0 Å². The van der Waals surface area contributed by atoms with Gasteiger partial charge < -0.3 is 5.32 Å². The maximum Gasteiger partial charge on any atom is 0.243 e. The van der Waals surface area contributed by atoms with E-state index in [9.17, 15) is 4.79 Å². The molecular formula is C18H23N5O. The van der Waals surface area contributed by atoms with Crippen LogP contribution in [0.1, 0.15) is 32.6 Å². The van der Waals surface area contributed by atoms with Crippen molar-refractivity contribution in [2.45, 2.75) is 45.2 Å². The number of carbonyl (C=O) groups is 1. The van der Waals surface area contributed by atoms with Gasteiger partial charge in [0.15, 0.2) is 0 Å². The van der Waals surface area contributed by atoms with Crippen LogP contribution < -0.4 is 5.32 Å². The van der Waals surface area contributed by atoms with Crippen LogP contribution in [0.3, 0.4) is 0 Å². The van der Waals surface area contributed by atoms with Crippen molar-refractivity contribution in [1.82, 2.24) is 25.5 Å². The summed E-state index contributed by atoms with van der Waals surface area (Å²) in [6.07, 6.45) is 5.34. The highest BCUT2D eigenvalue weighted by Crippen LogP contribution is 2.49. The molecule has 2 aliphatic rings. The van der Waals surface area contributed by atoms with E-state index in [0.29, 0.717) is 11.7 Å². The minimum Gasteiger partial charge on any atom is -0.352 e. The molecule has 2 bridgehead atoms. The molecule has 6 heteroatoms. The minimum atomic E-state index is -0.0396. The van der Waals surface area contributed by atoms with E-state index in [0.717, 1.165) is 17.4 Å². The maximum atomic E-state index is 12.3. The summed E-state index contributed by atoms with van der Waals surface area (Å²) in [6.45, 7) is 2.25. The molecular weight excluding hydrogens is 302 g/mol. The lowest BCUT2D eigenvalue weighted by molar-refractivity contribution is -0.123. The summed E-state index contributed by atoms with van der Waals surface area (Å²) < 4.78 is 0. The number of hydrogen-bond acceptors (Lipinski definition) is 4. The number of nitrogens with one attached hydrogen (secondary N) is 1. The largest absolute Gasteiger partial charge is 0.352 e. The molecule has 4 atom stereocenters. The molecule has 0 spiro atoms. The highest BCUT2D eigenvalue weighted by molar-refractivity contribution is 5.75. The number of nitrogens with zero attached hydrogens (tertiary/aromatic N) is 4. The fourth-order valence-electron chi connectivity index (χ4n) is 4.45. The van der Waals surface area contributed by atoms with E-state index in [2.05, 4.69) is 27.7 Å². The van der Waals surface area contributed by atoms with Gasteiger partial charge in [-0.15, -0.1) is 10.2 Å². The Kier molecular flexibility index (Phi) is 4.04. The van der Waals surface area contributed by atoms with Crippen molar-refractivity contribution in [3.8, 4) is 11.4 Å². The van der Waals surface area contributed by atoms with E-state index in [1.165, 1.54) is 30.5 Å². The standard InChI is InChI=1S/C18H23N5O/c1-12(16-10-13-7-8-15(16)9-13)19-17(24)11-23-21-18(20-22-23)14-5-3-2-4-6-14/h2-6,12-13,15-16H,7-11H2,1H3,(H,19,24)/t12-,13-,15-,16-/m0/s1. The Bertz CT molecular complexity index is 713. The van der Waals surface area contributed by atoms with Crippen molar-refractivity contribution in [3.63, 3.8) is 0 Å². The van der Waals surface area contributed by atoms with Gasteiger partial charge >= 0.3 is 0 Å². The predicted octanol–water partition coefficient (Wildman–Crippen LogP) is 2.28. The van der Waals surface area contributed by atoms with Crippen LogP contribution in [0.15, 0.2) is 30.3 Å². The molecule has 126 valence electrons. The molecule has 2 aromatic rings. The lowest BCUT2D eigenvalue weighted by atomic mass is 9.84. The number of carbonyl (C=O) groups excluding carboxylic acids is 1. The van der Waals surface area contributed by atoms with Gasteiger partial charge in [-0.05, 0) is 49.2 Å². The molecule has 2 fully saturated rings. The second-order valence-corrected chi connectivity index (χ2v) is 7.20. The summed E-state index contributed by atoms with van der Waals surface area (Å²) >= 11 is 0. The van der Waals surface area contributed by atoms with Gasteiger partial charge in [0, 0.05) is 11.6 Å². The molecule has 24 heavy (non-hydrogen) atoms. The van der Waals surface area contributed by atoms with Gasteiger partial charge in [-0.3, -0.25) is 4.79 Å². The summed E-state index contributed by atoms with van der Waals surface area (Å²) in [5, 5.41) is 15.5. The third-order valence-electron chi connectivity index (χ3n) is 5.59. The monoisotopic (exact) mass is 325 g/mol. The van der Waals surface area contributed by atoms with Crippen LogP contribution in [0.25, 0.3) is 11.4 Å². The van der Waals surface area contributed by atoms with Crippen LogP contribution in [0.4, 0.5) is 0 Å². The van der Waals surface area contributed by atoms with Crippen molar-refractivity contribution in [2.75, 3.05) is 0 Å². The van der Waals surface area contributed by atoms with E-state index < -0.39 is 0 Å². The number of amides is 1. The third-order valence-corrected chi connectivity index (χ3v) is 5.59. The average molecular weight is 325 g/mol. The molecule has 4 rings (SSSR count). The molecule has 1 aromatic heterocycles. The van der Waals surface area contributed by atoms with Crippen molar-refractivity contribution in [2.24, 2.45) is 17.8 Å². The number of fused-ring (bicyclic) bond motifs is 2. The molecule has 0 radical (unpaired) electrons. The molecule has 1 aromatic carbocycles. The quantitative estimate of drug-likeness (QED) is 0.915. The topological polar surface area (TPSA) is 72.7 Å². The second-order valence-electron chi connectivity index (χ2n) is 7.20. The fourth-order valence-corrected chi connectivity index (χ4v) is 4.45. The Morgan fingerprint density at radius 1 is 1.29 bits per heavy atom. The third kappa shape index (κ3) is 3.05. The molecule has 6 nitrogen and oxygen atoms in total. The number of rotatable bonds is 5. The summed E-state index contributed by atoms with van der Waals surface area (Å²) in [4.78, 5) is 13.7. The van der Waals surface area contributed by atoms with Crippen molar-refractivity contribution < 1.29 is 4.79 Å². The molecule has 2 aliphatic carbocycles. The Morgan fingerprint density at radius 2 is 2.12 bits per heavy atom. The molecule has 0 saturated heterocycles. The van der Waals surface area contributed by atoms with Crippen LogP contribution in [-0.4, -0.2) is 32.2 Å². The van der Waals surface area contributed by atoms with Crippen LogP contribution in [0, 0.1) is 17.8 Å². The predicted molar refractivity (Wildman–Crippen MR) is 89.8 cm³/mol. The Morgan fingerprint density at radius 3 is 2.83 bits per heavy atom. The molecule has 0 aliphatic heterocycles. The van der Waals surface area contributed by atoms with E-state index in [-0.39, 0.29) is 18.5 Å². The van der Waals surface area contributed by atoms with E-state index in [4.69, 9.17) is 0 Å². The average Bonchev–Trinajstić information content (AvgIpc) is 3.32. The fraction of sp³-hybridized carbons (Fsp3) is 0.556. The van der Waals surface area contributed by atoms with Crippen LogP contribution in [-0.2, 0) is 11.3 Å². The van der Waals surface area contributed by atoms with E-state index in [1.807, 2.05) is 30.3 Å². The first-order chi connectivity index (χ1) is 11.7. The van der Waals surface area contributed by atoms with Crippen molar-refractivity contribution in [1.29, 1.82) is 0 Å². The van der Waals surface area contributed by atoms with Gasteiger partial charge in [-0.25, -0.2) is 0 Å². The van der Waals surface area contributed by atoms with Crippen LogP contribution in [0.2, 0.25) is 0 Å².